The van der Waals surface area contributed by atoms with E-state index in [1.54, 1.807) is 20.8 Å². The molecular weight excluding hydrogens is 262 g/mol. The van der Waals surface area contributed by atoms with Crippen LogP contribution in [0, 0.1) is 0 Å². The van der Waals surface area contributed by atoms with E-state index in [1.165, 1.54) is 12.0 Å². The molecule has 0 bridgehead atoms. The molecule has 0 spiro atoms. The Hall–Kier alpha value is -1.34. The molecule has 116 valence electrons. The number of hydrogen-bond acceptors (Lipinski definition) is 6. The predicted octanol–water partition coefficient (Wildman–Crippen LogP) is 0.0394. The number of nitrogens with two attached hydrogens (primary N) is 1. The number of nitrogens with zero attached hydrogens (tertiary/aromatic N) is 2. The molecule has 0 aliphatic carbocycles. The average molecular weight is 287 g/mol. The van der Waals surface area contributed by atoms with Crippen LogP contribution in [0.25, 0.3) is 0 Å². The van der Waals surface area contributed by atoms with Crippen molar-refractivity contribution in [3.05, 3.63) is 0 Å². The van der Waals surface area contributed by atoms with E-state index < -0.39 is 23.7 Å². The van der Waals surface area contributed by atoms with Crippen molar-refractivity contribution in [2.24, 2.45) is 5.73 Å². The van der Waals surface area contributed by atoms with Gasteiger partial charge in [0.05, 0.1) is 7.11 Å². The van der Waals surface area contributed by atoms with Crippen molar-refractivity contribution in [1.29, 1.82) is 0 Å². The third-order valence-corrected chi connectivity index (χ3v) is 3.01. The zero-order chi connectivity index (χ0) is 15.3. The molecule has 0 radical (unpaired) electrons. The highest BCUT2D eigenvalue weighted by Crippen LogP contribution is 2.16. The minimum absolute atomic E-state index is 0.420. The van der Waals surface area contributed by atoms with Gasteiger partial charge in [-0.25, -0.2) is 9.59 Å². The number of carbonyl (C=O) groups excluding carboxylic acids is 2. The van der Waals surface area contributed by atoms with Crippen LogP contribution in [0.5, 0.6) is 0 Å². The molecule has 1 amide bonds. The Morgan fingerprint density at radius 3 is 2.45 bits per heavy atom. The van der Waals surface area contributed by atoms with E-state index in [2.05, 4.69) is 0 Å². The number of esters is 1. The van der Waals surface area contributed by atoms with Gasteiger partial charge in [-0.3, -0.25) is 9.80 Å². The van der Waals surface area contributed by atoms with Crippen molar-refractivity contribution in [3.63, 3.8) is 0 Å². The number of ether oxygens (including phenoxy) is 2. The molecule has 1 atom stereocenters. The minimum Gasteiger partial charge on any atom is -0.467 e. The van der Waals surface area contributed by atoms with E-state index in [0.29, 0.717) is 32.7 Å². The first-order valence-electron chi connectivity index (χ1n) is 6.78. The molecular formula is C13H25N3O4. The third-order valence-electron chi connectivity index (χ3n) is 3.01. The van der Waals surface area contributed by atoms with Crippen LogP contribution >= 0.6 is 0 Å². The number of rotatable bonds is 3. The summed E-state index contributed by atoms with van der Waals surface area (Å²) >= 11 is 0. The Labute approximate surface area is 120 Å². The van der Waals surface area contributed by atoms with E-state index in [9.17, 15) is 9.59 Å². The zero-order valence-electron chi connectivity index (χ0n) is 12.7. The largest absolute Gasteiger partial charge is 0.467 e. The van der Waals surface area contributed by atoms with E-state index in [-0.39, 0.29) is 0 Å². The van der Waals surface area contributed by atoms with Crippen LogP contribution in [-0.4, -0.2) is 73.3 Å². The topological polar surface area (TPSA) is 85.1 Å². The van der Waals surface area contributed by atoms with Gasteiger partial charge in [-0.1, -0.05) is 0 Å². The Kier molecular flexibility index (Phi) is 5.76. The molecule has 0 aromatic carbocycles. The number of methoxy groups -OCH3 is 1. The molecule has 1 aliphatic heterocycles. The summed E-state index contributed by atoms with van der Waals surface area (Å²) in [4.78, 5) is 27.5. The van der Waals surface area contributed by atoms with Crippen molar-refractivity contribution >= 4 is 12.1 Å². The molecule has 7 nitrogen and oxygen atoms in total. The van der Waals surface area contributed by atoms with Crippen molar-refractivity contribution in [3.8, 4) is 0 Å². The van der Waals surface area contributed by atoms with Gasteiger partial charge in [-0.2, -0.15) is 0 Å². The van der Waals surface area contributed by atoms with Gasteiger partial charge in [0, 0.05) is 32.7 Å². The molecule has 1 saturated heterocycles. The third kappa shape index (κ3) is 4.64. The molecule has 0 unspecified atom stereocenters. The maximum atomic E-state index is 12.2. The first-order chi connectivity index (χ1) is 9.28. The summed E-state index contributed by atoms with van der Waals surface area (Å²) in [5.74, 6) is -0.433. The molecule has 7 heteroatoms. The number of piperazine rings is 1. The van der Waals surface area contributed by atoms with Gasteiger partial charge in [0.25, 0.3) is 0 Å². The van der Waals surface area contributed by atoms with E-state index >= 15 is 0 Å². The molecule has 1 rings (SSSR count). The van der Waals surface area contributed by atoms with Gasteiger partial charge in [0.15, 0.2) is 0 Å². The van der Waals surface area contributed by atoms with Crippen LogP contribution in [0.1, 0.15) is 20.8 Å². The fourth-order valence-electron chi connectivity index (χ4n) is 2.10. The Bertz CT molecular complexity index is 354. The van der Waals surface area contributed by atoms with Crippen LogP contribution < -0.4 is 5.73 Å². The Morgan fingerprint density at radius 1 is 1.30 bits per heavy atom. The summed E-state index contributed by atoms with van der Waals surface area (Å²) in [6, 6.07) is -0.643. The lowest BCUT2D eigenvalue weighted by Gasteiger charge is -2.40. The van der Waals surface area contributed by atoms with Gasteiger partial charge in [-0.05, 0) is 20.8 Å². The number of hydrogen-bond donors (Lipinski definition) is 1. The Morgan fingerprint density at radius 2 is 1.95 bits per heavy atom. The normalized spacial score (nSPS) is 20.6. The highest BCUT2D eigenvalue weighted by Gasteiger charge is 2.37. The van der Waals surface area contributed by atoms with Gasteiger partial charge in [0.1, 0.15) is 11.6 Å². The summed E-state index contributed by atoms with van der Waals surface area (Å²) in [6.45, 7) is 8.10. The SMILES string of the molecule is COC(=O)[C@@H]1CN(CCN)CCN1C(=O)OC(C)(C)C. The summed E-state index contributed by atoms with van der Waals surface area (Å²) in [6.07, 6.45) is -0.486. The highest BCUT2D eigenvalue weighted by atomic mass is 16.6. The fraction of sp³-hybridized carbons (Fsp3) is 0.846. The second-order valence-corrected chi connectivity index (χ2v) is 5.80. The molecule has 1 heterocycles. The van der Waals surface area contributed by atoms with Crippen LogP contribution in [-0.2, 0) is 14.3 Å². The van der Waals surface area contributed by atoms with Crippen LogP contribution in [0.3, 0.4) is 0 Å². The quantitative estimate of drug-likeness (QED) is 0.738. The van der Waals surface area contributed by atoms with E-state index in [1.807, 2.05) is 4.90 Å². The van der Waals surface area contributed by atoms with Gasteiger partial charge in [0.2, 0.25) is 0 Å². The number of amides is 1. The van der Waals surface area contributed by atoms with Crippen molar-refractivity contribution < 1.29 is 19.1 Å². The summed E-state index contributed by atoms with van der Waals surface area (Å²) in [5, 5.41) is 0. The highest BCUT2D eigenvalue weighted by molar-refractivity contribution is 5.82. The summed E-state index contributed by atoms with van der Waals surface area (Å²) in [7, 11) is 1.32. The second-order valence-electron chi connectivity index (χ2n) is 5.80. The molecule has 1 aliphatic rings. The van der Waals surface area contributed by atoms with Crippen molar-refractivity contribution in [2.75, 3.05) is 39.8 Å². The minimum atomic E-state index is -0.643. The maximum Gasteiger partial charge on any atom is 0.411 e. The van der Waals surface area contributed by atoms with Gasteiger partial charge >= 0.3 is 12.1 Å². The molecule has 0 saturated carbocycles. The summed E-state index contributed by atoms with van der Waals surface area (Å²) in [5.41, 5.74) is 4.94. The molecule has 0 aromatic rings. The van der Waals surface area contributed by atoms with E-state index in [4.69, 9.17) is 15.2 Å². The first-order valence-corrected chi connectivity index (χ1v) is 6.78. The molecule has 2 N–H and O–H groups in total. The fourth-order valence-corrected chi connectivity index (χ4v) is 2.10. The molecule has 20 heavy (non-hydrogen) atoms. The standard InChI is InChI=1S/C13H25N3O4/c1-13(2,3)20-12(18)16-8-7-15(6-5-14)9-10(16)11(17)19-4/h10H,5-9,14H2,1-4H3/t10-/m0/s1. The maximum absolute atomic E-state index is 12.2. The second kappa shape index (κ2) is 6.90. The monoisotopic (exact) mass is 287 g/mol. The predicted molar refractivity (Wildman–Crippen MR) is 74.2 cm³/mol. The molecule has 1 fully saturated rings. The number of carbonyl (C=O) groups is 2. The Balaban J connectivity index is 2.77. The van der Waals surface area contributed by atoms with Crippen molar-refractivity contribution in [2.45, 2.75) is 32.4 Å². The lowest BCUT2D eigenvalue weighted by atomic mass is 10.1. The zero-order valence-corrected chi connectivity index (χ0v) is 12.7. The lowest BCUT2D eigenvalue weighted by molar-refractivity contribution is -0.149. The van der Waals surface area contributed by atoms with Crippen LogP contribution in [0.4, 0.5) is 4.79 Å². The van der Waals surface area contributed by atoms with Gasteiger partial charge in [-0.15, -0.1) is 0 Å². The van der Waals surface area contributed by atoms with Crippen LogP contribution in [0.15, 0.2) is 0 Å². The first kappa shape index (κ1) is 16.7. The average Bonchev–Trinajstić information content (AvgIpc) is 2.36. The van der Waals surface area contributed by atoms with Gasteiger partial charge < -0.3 is 15.2 Å². The lowest BCUT2D eigenvalue weighted by Crippen LogP contribution is -2.59. The molecule has 0 aromatic heterocycles. The van der Waals surface area contributed by atoms with Crippen LogP contribution in [0.2, 0.25) is 0 Å². The summed E-state index contributed by atoms with van der Waals surface area (Å²) < 4.78 is 10.1. The smallest absolute Gasteiger partial charge is 0.411 e. The van der Waals surface area contributed by atoms with E-state index in [0.717, 1.165) is 0 Å². The van der Waals surface area contributed by atoms with Crippen molar-refractivity contribution in [1.82, 2.24) is 9.80 Å².